The van der Waals surface area contributed by atoms with Crippen LogP contribution in [0, 0.1) is 26.7 Å². The third-order valence-corrected chi connectivity index (χ3v) is 6.11. The van der Waals surface area contributed by atoms with Gasteiger partial charge in [0.05, 0.1) is 0 Å². The Morgan fingerprint density at radius 1 is 1.06 bits per heavy atom. The van der Waals surface area contributed by atoms with Gasteiger partial charge in [-0.15, -0.1) is 0 Å². The molecule has 0 aromatic heterocycles. The Labute approximate surface area is 208 Å². The van der Waals surface area contributed by atoms with Gasteiger partial charge in [0.15, 0.2) is 0 Å². The molecule has 7 heteroatoms. The fourth-order valence-electron chi connectivity index (χ4n) is 4.25. The molecule has 1 aliphatic rings. The van der Waals surface area contributed by atoms with Crippen LogP contribution >= 0.6 is 0 Å². The van der Waals surface area contributed by atoms with Crippen molar-refractivity contribution in [3.05, 3.63) is 64.7 Å². The summed E-state index contributed by atoms with van der Waals surface area (Å²) < 4.78 is 5.28. The molecule has 1 saturated carbocycles. The van der Waals surface area contributed by atoms with Crippen molar-refractivity contribution >= 4 is 23.6 Å². The van der Waals surface area contributed by atoms with Crippen LogP contribution in [0.1, 0.15) is 62.4 Å². The van der Waals surface area contributed by atoms with E-state index in [9.17, 15) is 14.4 Å². The molecule has 2 aromatic carbocycles. The van der Waals surface area contributed by atoms with E-state index in [-0.39, 0.29) is 30.3 Å². The number of nitrogens with one attached hydrogen (secondary N) is 2. The Bertz CT molecular complexity index is 1090. The van der Waals surface area contributed by atoms with Crippen LogP contribution in [-0.4, -0.2) is 41.0 Å². The number of nitrogens with zero attached hydrogens (tertiary/aromatic N) is 1. The molecule has 3 atom stereocenters. The lowest BCUT2D eigenvalue weighted by Gasteiger charge is -2.32. The van der Waals surface area contributed by atoms with Crippen LogP contribution in [0.3, 0.4) is 0 Å². The summed E-state index contributed by atoms with van der Waals surface area (Å²) in [7, 11) is 0. The maximum Gasteiger partial charge on any atom is 0.408 e. The van der Waals surface area contributed by atoms with Gasteiger partial charge in [0.2, 0.25) is 5.91 Å². The minimum atomic E-state index is -0.836. The quantitative estimate of drug-likeness (QED) is 0.582. The molecule has 35 heavy (non-hydrogen) atoms. The molecule has 0 aliphatic heterocycles. The summed E-state index contributed by atoms with van der Waals surface area (Å²) in [5.74, 6) is -0.341. The summed E-state index contributed by atoms with van der Waals surface area (Å²) in [6.07, 6.45) is 0.138. The topological polar surface area (TPSA) is 87.7 Å². The van der Waals surface area contributed by atoms with E-state index in [4.69, 9.17) is 4.74 Å². The van der Waals surface area contributed by atoms with E-state index in [1.807, 2.05) is 63.2 Å². The predicted octanol–water partition coefficient (Wildman–Crippen LogP) is 5.05. The predicted molar refractivity (Wildman–Crippen MR) is 137 cm³/mol. The molecule has 0 spiro atoms. The average molecular weight is 480 g/mol. The zero-order chi connectivity index (χ0) is 25.9. The fourth-order valence-corrected chi connectivity index (χ4v) is 4.25. The minimum absolute atomic E-state index is 0.0860. The number of aryl methyl sites for hydroxylation is 3. The van der Waals surface area contributed by atoms with Crippen LogP contribution < -0.4 is 10.6 Å². The second-order valence-electron chi connectivity index (χ2n) is 10.5. The summed E-state index contributed by atoms with van der Waals surface area (Å²) in [5.41, 5.74) is 3.70. The SMILES string of the molecule is Cc1cccc(C(C(=O)Nc2c(C)cccc2C)N(C(=O)CNC(=O)OC(C)(C)C)C2CC2C)c1. The Morgan fingerprint density at radius 2 is 1.66 bits per heavy atom. The van der Waals surface area contributed by atoms with Crippen LogP contribution in [-0.2, 0) is 14.3 Å². The van der Waals surface area contributed by atoms with Gasteiger partial charge in [-0.1, -0.05) is 55.0 Å². The molecule has 7 nitrogen and oxygen atoms in total. The molecule has 3 unspecified atom stereocenters. The molecular formula is C28H37N3O4. The number of para-hydroxylation sites is 1. The first kappa shape index (κ1) is 26.3. The maximum absolute atomic E-state index is 13.8. The van der Waals surface area contributed by atoms with Gasteiger partial charge in [-0.05, 0) is 70.6 Å². The fraction of sp³-hybridized carbons (Fsp3) is 0.464. The summed E-state index contributed by atoms with van der Waals surface area (Å²) in [6, 6.07) is 12.6. The highest BCUT2D eigenvalue weighted by atomic mass is 16.6. The monoisotopic (exact) mass is 479 g/mol. The number of alkyl carbamates (subject to hydrolysis) is 1. The van der Waals surface area contributed by atoms with Gasteiger partial charge >= 0.3 is 6.09 Å². The standard InChI is InChI=1S/C28H37N3O4/c1-17-10-8-13-21(14-17)25(26(33)30-24-18(2)11-9-12-19(24)3)31(22-15-20(22)4)23(32)16-29-27(34)35-28(5,6)7/h8-14,20,22,25H,15-16H2,1-7H3,(H,29,34)(H,30,33). The second-order valence-corrected chi connectivity index (χ2v) is 10.5. The van der Waals surface area contributed by atoms with Crippen LogP contribution in [0.25, 0.3) is 0 Å². The lowest BCUT2D eigenvalue weighted by Crippen LogP contribution is -2.48. The van der Waals surface area contributed by atoms with Crippen LogP contribution in [0.5, 0.6) is 0 Å². The van der Waals surface area contributed by atoms with Gasteiger partial charge in [-0.2, -0.15) is 0 Å². The van der Waals surface area contributed by atoms with Crippen molar-refractivity contribution in [1.82, 2.24) is 10.2 Å². The van der Waals surface area contributed by atoms with E-state index in [0.29, 0.717) is 0 Å². The molecule has 188 valence electrons. The number of benzene rings is 2. The van der Waals surface area contributed by atoms with E-state index in [2.05, 4.69) is 17.6 Å². The van der Waals surface area contributed by atoms with Crippen molar-refractivity contribution in [2.45, 2.75) is 72.6 Å². The summed E-state index contributed by atoms with van der Waals surface area (Å²) in [4.78, 5) is 41.2. The lowest BCUT2D eigenvalue weighted by molar-refractivity contribution is -0.139. The van der Waals surface area contributed by atoms with Crippen molar-refractivity contribution < 1.29 is 19.1 Å². The zero-order valence-corrected chi connectivity index (χ0v) is 21.8. The zero-order valence-electron chi connectivity index (χ0n) is 21.8. The van der Waals surface area contributed by atoms with Crippen molar-refractivity contribution in [1.29, 1.82) is 0 Å². The third-order valence-electron chi connectivity index (χ3n) is 6.11. The van der Waals surface area contributed by atoms with Crippen molar-refractivity contribution in [3.63, 3.8) is 0 Å². The molecule has 3 rings (SSSR count). The summed E-state index contributed by atoms with van der Waals surface area (Å²) in [5, 5.41) is 5.64. The van der Waals surface area contributed by atoms with Crippen LogP contribution in [0.4, 0.5) is 10.5 Å². The molecule has 0 radical (unpaired) electrons. The third kappa shape index (κ3) is 6.84. The highest BCUT2D eigenvalue weighted by Crippen LogP contribution is 2.40. The summed E-state index contributed by atoms with van der Waals surface area (Å²) >= 11 is 0. The number of ether oxygens (including phenoxy) is 1. The van der Waals surface area contributed by atoms with E-state index < -0.39 is 17.7 Å². The van der Waals surface area contributed by atoms with Crippen molar-refractivity contribution in [3.8, 4) is 0 Å². The Morgan fingerprint density at radius 3 is 2.20 bits per heavy atom. The number of carbonyl (C=O) groups excluding carboxylic acids is 3. The lowest BCUT2D eigenvalue weighted by atomic mass is 10.0. The Hall–Kier alpha value is -3.35. The Kier molecular flexibility index (Phi) is 7.88. The first-order chi connectivity index (χ1) is 16.4. The van der Waals surface area contributed by atoms with Crippen LogP contribution in [0.2, 0.25) is 0 Å². The second kappa shape index (κ2) is 10.5. The van der Waals surface area contributed by atoms with Gasteiger partial charge in [0.25, 0.3) is 5.91 Å². The highest BCUT2D eigenvalue weighted by Gasteiger charge is 2.46. The van der Waals surface area contributed by atoms with Crippen LogP contribution in [0.15, 0.2) is 42.5 Å². The molecule has 1 fully saturated rings. The minimum Gasteiger partial charge on any atom is -0.444 e. The smallest absolute Gasteiger partial charge is 0.408 e. The summed E-state index contributed by atoms with van der Waals surface area (Å²) in [6.45, 7) is 12.9. The number of rotatable bonds is 7. The molecule has 2 aromatic rings. The normalized spacial score (nSPS) is 17.8. The first-order valence-corrected chi connectivity index (χ1v) is 12.1. The van der Waals surface area contributed by atoms with E-state index in [0.717, 1.165) is 34.4 Å². The number of hydrogen-bond donors (Lipinski definition) is 2. The number of anilines is 1. The first-order valence-electron chi connectivity index (χ1n) is 12.1. The molecule has 0 saturated heterocycles. The van der Waals surface area contributed by atoms with Crippen molar-refractivity contribution in [2.75, 3.05) is 11.9 Å². The van der Waals surface area contributed by atoms with Gasteiger partial charge in [-0.25, -0.2) is 4.79 Å². The van der Waals surface area contributed by atoms with Gasteiger partial charge in [0, 0.05) is 11.7 Å². The maximum atomic E-state index is 13.8. The largest absolute Gasteiger partial charge is 0.444 e. The van der Waals surface area contributed by atoms with E-state index in [1.54, 1.807) is 25.7 Å². The molecule has 0 bridgehead atoms. The van der Waals surface area contributed by atoms with Gasteiger partial charge < -0.3 is 20.3 Å². The van der Waals surface area contributed by atoms with E-state index in [1.165, 1.54) is 0 Å². The number of amides is 3. The Balaban J connectivity index is 1.93. The van der Waals surface area contributed by atoms with Gasteiger partial charge in [0.1, 0.15) is 18.2 Å². The molecule has 1 aliphatic carbocycles. The average Bonchev–Trinajstić information content (AvgIpc) is 3.47. The van der Waals surface area contributed by atoms with Gasteiger partial charge in [-0.3, -0.25) is 9.59 Å². The van der Waals surface area contributed by atoms with Crippen molar-refractivity contribution in [2.24, 2.45) is 5.92 Å². The molecular weight excluding hydrogens is 442 g/mol. The molecule has 3 amide bonds. The molecule has 2 N–H and O–H groups in total. The number of carbonyl (C=O) groups is 3. The number of hydrogen-bond acceptors (Lipinski definition) is 4. The highest BCUT2D eigenvalue weighted by molar-refractivity contribution is 5.99. The van der Waals surface area contributed by atoms with E-state index >= 15 is 0 Å². The molecule has 0 heterocycles.